The quantitative estimate of drug-likeness (QED) is 0.761. The lowest BCUT2D eigenvalue weighted by Gasteiger charge is -2.14. The maximum Gasteiger partial charge on any atom is 0.0794 e. The lowest BCUT2D eigenvalue weighted by molar-refractivity contribution is 0.570. The number of nitrogens with zero attached hydrogens (tertiary/aromatic N) is 1. The van der Waals surface area contributed by atoms with Gasteiger partial charge in [0.05, 0.1) is 5.51 Å². The van der Waals surface area contributed by atoms with Gasteiger partial charge in [-0.2, -0.15) is 0 Å². The number of thiazole rings is 1. The Bertz CT molecular complexity index is 483. The molecule has 1 unspecified atom stereocenters. The van der Waals surface area contributed by atoms with Gasteiger partial charge in [-0.3, -0.25) is 4.98 Å². The van der Waals surface area contributed by atoms with Gasteiger partial charge in [-0.15, -0.1) is 23.1 Å². The molecule has 0 aliphatic heterocycles. The van der Waals surface area contributed by atoms with Gasteiger partial charge in [0.15, 0.2) is 0 Å². The summed E-state index contributed by atoms with van der Waals surface area (Å²) in [5.41, 5.74) is 3.26. The minimum absolute atomic E-state index is 0.420. The largest absolute Gasteiger partial charge is 0.310 e. The molecule has 19 heavy (non-hydrogen) atoms. The molecule has 1 heterocycles. The second-order valence-electron chi connectivity index (χ2n) is 4.50. The Morgan fingerprint density at radius 3 is 3.05 bits per heavy atom. The summed E-state index contributed by atoms with van der Waals surface area (Å²) in [5.74, 6) is 1.00. The van der Waals surface area contributed by atoms with Crippen molar-refractivity contribution in [1.29, 1.82) is 0 Å². The Morgan fingerprint density at radius 2 is 2.32 bits per heavy atom. The normalized spacial score (nSPS) is 12.5. The number of aromatic nitrogens is 1. The van der Waals surface area contributed by atoms with Gasteiger partial charge in [-0.05, 0) is 37.6 Å². The van der Waals surface area contributed by atoms with Crippen LogP contribution in [0.4, 0.5) is 0 Å². The number of thioether (sulfide) groups is 1. The van der Waals surface area contributed by atoms with Crippen molar-refractivity contribution in [2.24, 2.45) is 0 Å². The first-order valence-electron chi connectivity index (χ1n) is 6.63. The van der Waals surface area contributed by atoms with E-state index in [1.54, 1.807) is 11.3 Å². The Balaban J connectivity index is 1.94. The van der Waals surface area contributed by atoms with Crippen LogP contribution < -0.4 is 5.32 Å². The molecule has 2 aromatic rings. The van der Waals surface area contributed by atoms with Crippen molar-refractivity contribution in [2.75, 3.05) is 6.54 Å². The Hall–Kier alpha value is -0.840. The summed E-state index contributed by atoms with van der Waals surface area (Å²) >= 11 is 3.60. The maximum atomic E-state index is 4.11. The van der Waals surface area contributed by atoms with Crippen LogP contribution in [0.25, 0.3) is 0 Å². The number of hydrogen-bond acceptors (Lipinski definition) is 4. The van der Waals surface area contributed by atoms with Gasteiger partial charge in [0.2, 0.25) is 0 Å². The SMILES string of the molecule is CCCNC(C)c1cccc(SCc2cncs2)c1. The van der Waals surface area contributed by atoms with E-state index in [-0.39, 0.29) is 0 Å². The highest BCUT2D eigenvalue weighted by Gasteiger charge is 2.05. The van der Waals surface area contributed by atoms with E-state index in [1.165, 1.54) is 21.8 Å². The van der Waals surface area contributed by atoms with Gasteiger partial charge in [0.1, 0.15) is 0 Å². The van der Waals surface area contributed by atoms with E-state index >= 15 is 0 Å². The van der Waals surface area contributed by atoms with Crippen molar-refractivity contribution in [2.45, 2.75) is 37.0 Å². The molecule has 0 spiro atoms. The molecule has 4 heteroatoms. The summed E-state index contributed by atoms with van der Waals surface area (Å²) in [5, 5.41) is 3.53. The van der Waals surface area contributed by atoms with Crippen LogP contribution >= 0.6 is 23.1 Å². The second kappa shape index (κ2) is 7.68. The van der Waals surface area contributed by atoms with Crippen LogP contribution in [0, 0.1) is 0 Å². The highest BCUT2D eigenvalue weighted by atomic mass is 32.2. The molecule has 0 amide bonds. The van der Waals surface area contributed by atoms with Crippen LogP contribution in [0.15, 0.2) is 40.9 Å². The van der Waals surface area contributed by atoms with E-state index in [0.717, 1.165) is 12.3 Å². The molecular weight excluding hydrogens is 272 g/mol. The van der Waals surface area contributed by atoms with Gasteiger partial charge < -0.3 is 5.32 Å². The Labute approximate surface area is 123 Å². The fourth-order valence-corrected chi connectivity index (χ4v) is 3.43. The zero-order valence-electron chi connectivity index (χ0n) is 11.4. The van der Waals surface area contributed by atoms with Crippen molar-refractivity contribution in [3.8, 4) is 0 Å². The van der Waals surface area contributed by atoms with Gasteiger partial charge in [-0.1, -0.05) is 19.1 Å². The van der Waals surface area contributed by atoms with Gasteiger partial charge in [0, 0.05) is 27.8 Å². The molecule has 0 radical (unpaired) electrons. The molecule has 1 atom stereocenters. The van der Waals surface area contributed by atoms with E-state index in [2.05, 4.69) is 48.4 Å². The third-order valence-electron chi connectivity index (χ3n) is 2.92. The summed E-state index contributed by atoms with van der Waals surface area (Å²) in [6.45, 7) is 5.49. The number of nitrogens with one attached hydrogen (secondary N) is 1. The molecule has 0 saturated heterocycles. The van der Waals surface area contributed by atoms with E-state index in [4.69, 9.17) is 0 Å². The third-order valence-corrected chi connectivity index (χ3v) is 4.93. The first kappa shape index (κ1) is 14.6. The van der Waals surface area contributed by atoms with Gasteiger partial charge in [-0.25, -0.2) is 0 Å². The number of benzene rings is 1. The first-order valence-corrected chi connectivity index (χ1v) is 8.49. The van der Waals surface area contributed by atoms with E-state index < -0.39 is 0 Å². The molecule has 2 nitrogen and oxygen atoms in total. The molecular formula is C15H20N2S2. The monoisotopic (exact) mass is 292 g/mol. The maximum absolute atomic E-state index is 4.11. The average Bonchev–Trinajstić information content (AvgIpc) is 2.96. The Morgan fingerprint density at radius 1 is 1.42 bits per heavy atom. The van der Waals surface area contributed by atoms with Crippen molar-refractivity contribution in [3.63, 3.8) is 0 Å². The lowest BCUT2D eigenvalue weighted by atomic mass is 10.1. The predicted octanol–water partition coefficient (Wildman–Crippen LogP) is 4.50. The number of rotatable bonds is 7. The Kier molecular flexibility index (Phi) is 5.89. The molecule has 1 aromatic heterocycles. The van der Waals surface area contributed by atoms with Crippen LogP contribution in [0.3, 0.4) is 0 Å². The highest BCUT2D eigenvalue weighted by molar-refractivity contribution is 7.98. The van der Waals surface area contributed by atoms with Crippen LogP contribution in [-0.4, -0.2) is 11.5 Å². The number of hydrogen-bond donors (Lipinski definition) is 1. The van der Waals surface area contributed by atoms with Gasteiger partial charge in [0.25, 0.3) is 0 Å². The molecule has 102 valence electrons. The van der Waals surface area contributed by atoms with E-state index in [1.807, 2.05) is 23.5 Å². The molecule has 0 aliphatic carbocycles. The standard InChI is InChI=1S/C15H20N2S2/c1-3-7-17-12(2)13-5-4-6-14(8-13)18-10-15-9-16-11-19-15/h4-6,8-9,11-12,17H,3,7,10H2,1-2H3. The molecule has 1 aromatic carbocycles. The zero-order valence-corrected chi connectivity index (χ0v) is 13.1. The average molecular weight is 292 g/mol. The van der Waals surface area contributed by atoms with Crippen LogP contribution in [0.5, 0.6) is 0 Å². The highest BCUT2D eigenvalue weighted by Crippen LogP contribution is 2.26. The fourth-order valence-electron chi connectivity index (χ4n) is 1.82. The minimum atomic E-state index is 0.420. The molecule has 0 bridgehead atoms. The second-order valence-corrected chi connectivity index (χ2v) is 6.52. The first-order chi connectivity index (χ1) is 9.29. The van der Waals surface area contributed by atoms with Crippen LogP contribution in [0.1, 0.15) is 36.8 Å². The van der Waals surface area contributed by atoms with Crippen LogP contribution in [0.2, 0.25) is 0 Å². The molecule has 0 fully saturated rings. The summed E-state index contributed by atoms with van der Waals surface area (Å²) < 4.78 is 0. The summed E-state index contributed by atoms with van der Waals surface area (Å²) in [6.07, 6.45) is 3.12. The van der Waals surface area contributed by atoms with E-state index in [0.29, 0.717) is 6.04 Å². The minimum Gasteiger partial charge on any atom is -0.310 e. The fraction of sp³-hybridized carbons (Fsp3) is 0.400. The summed E-state index contributed by atoms with van der Waals surface area (Å²) in [6, 6.07) is 9.24. The van der Waals surface area contributed by atoms with Crippen LogP contribution in [-0.2, 0) is 5.75 Å². The lowest BCUT2D eigenvalue weighted by Crippen LogP contribution is -2.19. The van der Waals surface area contributed by atoms with Crippen molar-refractivity contribution < 1.29 is 0 Å². The van der Waals surface area contributed by atoms with Crippen molar-refractivity contribution in [1.82, 2.24) is 10.3 Å². The third kappa shape index (κ3) is 4.64. The predicted molar refractivity (Wildman–Crippen MR) is 84.8 cm³/mol. The smallest absolute Gasteiger partial charge is 0.0794 e. The molecule has 0 saturated carbocycles. The van der Waals surface area contributed by atoms with Crippen molar-refractivity contribution in [3.05, 3.63) is 46.4 Å². The molecule has 2 rings (SSSR count). The van der Waals surface area contributed by atoms with Gasteiger partial charge >= 0.3 is 0 Å². The zero-order chi connectivity index (χ0) is 13.5. The van der Waals surface area contributed by atoms with Crippen molar-refractivity contribution >= 4 is 23.1 Å². The molecule has 1 N–H and O–H groups in total. The molecule has 0 aliphatic rings. The topological polar surface area (TPSA) is 24.9 Å². The summed E-state index contributed by atoms with van der Waals surface area (Å²) in [4.78, 5) is 6.77. The summed E-state index contributed by atoms with van der Waals surface area (Å²) in [7, 11) is 0. The van der Waals surface area contributed by atoms with E-state index in [9.17, 15) is 0 Å².